The molecule has 3 rings (SSSR count). The van der Waals surface area contributed by atoms with E-state index in [-0.39, 0.29) is 17.4 Å². The maximum Gasteiger partial charge on any atom is 0.323 e. The smallest absolute Gasteiger partial charge is 0.323 e. The van der Waals surface area contributed by atoms with Gasteiger partial charge in [0.2, 0.25) is 5.28 Å². The molecule has 2 amide bonds. The van der Waals surface area contributed by atoms with Crippen LogP contribution in [0.15, 0.2) is 42.6 Å². The highest BCUT2D eigenvalue weighted by Gasteiger charge is 2.33. The van der Waals surface area contributed by atoms with Crippen LogP contribution in [0.5, 0.6) is 0 Å². The van der Waals surface area contributed by atoms with Gasteiger partial charge in [-0.1, -0.05) is 30.3 Å². The van der Waals surface area contributed by atoms with E-state index in [4.69, 9.17) is 11.6 Å². The van der Waals surface area contributed by atoms with Crippen LogP contribution in [0.3, 0.4) is 0 Å². The van der Waals surface area contributed by atoms with Crippen LogP contribution in [0.4, 0.5) is 10.6 Å². The first-order chi connectivity index (χ1) is 9.25. The number of carbonyl (C=O) groups excluding carboxylic acids is 1. The van der Waals surface area contributed by atoms with E-state index >= 15 is 0 Å². The molecule has 1 N–H and O–H groups in total. The fraction of sp³-hybridized carbons (Fsp3) is 0.154. The third-order valence-electron chi connectivity index (χ3n) is 3.02. The Morgan fingerprint density at radius 3 is 2.79 bits per heavy atom. The minimum Gasteiger partial charge on any atom is -0.335 e. The number of anilines is 1. The van der Waals surface area contributed by atoms with Gasteiger partial charge < -0.3 is 5.32 Å². The van der Waals surface area contributed by atoms with Crippen molar-refractivity contribution >= 4 is 23.4 Å². The molecule has 0 aliphatic carbocycles. The Hall–Kier alpha value is -2.14. The minimum atomic E-state index is -0.177. The van der Waals surface area contributed by atoms with Crippen molar-refractivity contribution in [3.63, 3.8) is 0 Å². The molecule has 0 radical (unpaired) electrons. The van der Waals surface area contributed by atoms with Gasteiger partial charge in [0.25, 0.3) is 0 Å². The van der Waals surface area contributed by atoms with Gasteiger partial charge in [-0.25, -0.2) is 14.8 Å². The molecule has 1 aliphatic rings. The van der Waals surface area contributed by atoms with Crippen LogP contribution >= 0.6 is 11.6 Å². The number of benzene rings is 1. The molecule has 96 valence electrons. The van der Waals surface area contributed by atoms with E-state index in [1.165, 1.54) is 0 Å². The molecule has 6 heteroatoms. The first-order valence-corrected chi connectivity index (χ1v) is 6.24. The molecule has 1 atom stereocenters. The van der Waals surface area contributed by atoms with Crippen molar-refractivity contribution < 1.29 is 4.79 Å². The summed E-state index contributed by atoms with van der Waals surface area (Å²) in [5.41, 5.74) is 1.05. The lowest BCUT2D eigenvalue weighted by atomic mass is 10.1. The van der Waals surface area contributed by atoms with Crippen LogP contribution in [-0.2, 0) is 0 Å². The summed E-state index contributed by atoms with van der Waals surface area (Å²) >= 11 is 5.78. The predicted molar refractivity (Wildman–Crippen MR) is 72.1 cm³/mol. The largest absolute Gasteiger partial charge is 0.335 e. The molecule has 0 bridgehead atoms. The van der Waals surface area contributed by atoms with Crippen molar-refractivity contribution in [2.45, 2.75) is 6.04 Å². The van der Waals surface area contributed by atoms with E-state index in [0.717, 1.165) is 5.56 Å². The van der Waals surface area contributed by atoms with E-state index in [0.29, 0.717) is 12.4 Å². The second kappa shape index (κ2) is 4.85. The fourth-order valence-electron chi connectivity index (χ4n) is 2.17. The molecule has 1 aromatic carbocycles. The Morgan fingerprint density at radius 1 is 1.26 bits per heavy atom. The number of aromatic nitrogens is 2. The molecular formula is C13H11ClN4O. The second-order valence-corrected chi connectivity index (χ2v) is 4.50. The summed E-state index contributed by atoms with van der Waals surface area (Å²) < 4.78 is 0. The number of rotatable bonds is 2. The molecule has 5 nitrogen and oxygen atoms in total. The van der Waals surface area contributed by atoms with Crippen molar-refractivity contribution in [3.8, 4) is 0 Å². The maximum absolute atomic E-state index is 12.0. The monoisotopic (exact) mass is 274 g/mol. The zero-order chi connectivity index (χ0) is 13.2. The molecule has 19 heavy (non-hydrogen) atoms. The molecule has 0 saturated carbocycles. The Bertz CT molecular complexity index is 605. The minimum absolute atomic E-state index is 0.0836. The number of hydrogen-bond acceptors (Lipinski definition) is 3. The molecule has 1 aliphatic heterocycles. The van der Waals surface area contributed by atoms with Crippen LogP contribution in [0.25, 0.3) is 0 Å². The van der Waals surface area contributed by atoms with Crippen molar-refractivity contribution in [1.29, 1.82) is 0 Å². The Labute approximate surface area is 115 Å². The van der Waals surface area contributed by atoms with Crippen LogP contribution in [0.2, 0.25) is 5.28 Å². The topological polar surface area (TPSA) is 58.1 Å². The lowest BCUT2D eigenvalue weighted by Crippen LogP contribution is -2.30. The number of urea groups is 1. The normalized spacial score (nSPS) is 18.5. The fourth-order valence-corrected chi connectivity index (χ4v) is 2.31. The summed E-state index contributed by atoms with van der Waals surface area (Å²) in [6.07, 6.45) is 1.54. The van der Waals surface area contributed by atoms with E-state index < -0.39 is 0 Å². The number of amides is 2. The third kappa shape index (κ3) is 2.24. The molecule has 0 unspecified atom stereocenters. The first kappa shape index (κ1) is 11.9. The standard InChI is InChI=1S/C13H11ClN4O/c14-12-15-7-6-11(17-12)18-10(8-16-13(18)19)9-4-2-1-3-5-9/h1-7,10H,8H2,(H,16,19)/t10-/m1/s1. The molecule has 1 saturated heterocycles. The van der Waals surface area contributed by atoms with Gasteiger partial charge in [0.05, 0.1) is 6.04 Å². The third-order valence-corrected chi connectivity index (χ3v) is 3.20. The highest BCUT2D eigenvalue weighted by atomic mass is 35.5. The second-order valence-electron chi connectivity index (χ2n) is 4.17. The first-order valence-electron chi connectivity index (χ1n) is 5.86. The lowest BCUT2D eigenvalue weighted by Gasteiger charge is -2.22. The van der Waals surface area contributed by atoms with E-state index in [2.05, 4.69) is 15.3 Å². The van der Waals surface area contributed by atoms with Gasteiger partial charge in [0.15, 0.2) is 0 Å². The molecular weight excluding hydrogens is 264 g/mol. The van der Waals surface area contributed by atoms with Crippen LogP contribution in [-0.4, -0.2) is 22.5 Å². The summed E-state index contributed by atoms with van der Waals surface area (Å²) in [4.78, 5) is 21.5. The molecule has 1 fully saturated rings. The van der Waals surface area contributed by atoms with Gasteiger partial charge in [0, 0.05) is 12.7 Å². The molecule has 2 aromatic rings. The summed E-state index contributed by atoms with van der Waals surface area (Å²) in [5, 5.41) is 2.95. The Kier molecular flexibility index (Phi) is 3.05. The average molecular weight is 275 g/mol. The number of nitrogens with zero attached hydrogens (tertiary/aromatic N) is 3. The molecule has 0 spiro atoms. The van der Waals surface area contributed by atoms with Gasteiger partial charge in [0.1, 0.15) is 5.82 Å². The van der Waals surface area contributed by atoms with Gasteiger partial charge in [-0.05, 0) is 23.2 Å². The number of hydrogen-bond donors (Lipinski definition) is 1. The SMILES string of the molecule is O=C1NC[C@H](c2ccccc2)N1c1ccnc(Cl)n1. The van der Waals surface area contributed by atoms with Gasteiger partial charge in [-0.3, -0.25) is 4.90 Å². The van der Waals surface area contributed by atoms with Crippen molar-refractivity contribution in [2.24, 2.45) is 0 Å². The maximum atomic E-state index is 12.0. The summed E-state index contributed by atoms with van der Waals surface area (Å²) in [7, 11) is 0. The molecule has 2 heterocycles. The van der Waals surface area contributed by atoms with Gasteiger partial charge in [-0.2, -0.15) is 0 Å². The quantitative estimate of drug-likeness (QED) is 0.856. The zero-order valence-corrected chi connectivity index (χ0v) is 10.7. The van der Waals surface area contributed by atoms with Crippen molar-refractivity contribution in [1.82, 2.24) is 15.3 Å². The Balaban J connectivity index is 2.00. The Morgan fingerprint density at radius 2 is 2.05 bits per heavy atom. The zero-order valence-electron chi connectivity index (χ0n) is 9.95. The van der Waals surface area contributed by atoms with Crippen LogP contribution in [0, 0.1) is 0 Å². The van der Waals surface area contributed by atoms with Gasteiger partial charge >= 0.3 is 6.03 Å². The van der Waals surface area contributed by atoms with Crippen molar-refractivity contribution in [2.75, 3.05) is 11.4 Å². The lowest BCUT2D eigenvalue weighted by molar-refractivity contribution is 0.251. The number of nitrogens with one attached hydrogen (secondary N) is 1. The van der Waals surface area contributed by atoms with E-state index in [1.807, 2.05) is 30.3 Å². The van der Waals surface area contributed by atoms with E-state index in [9.17, 15) is 4.79 Å². The highest BCUT2D eigenvalue weighted by molar-refractivity contribution is 6.28. The van der Waals surface area contributed by atoms with Crippen molar-refractivity contribution in [3.05, 3.63) is 53.4 Å². The predicted octanol–water partition coefficient (Wildman–Crippen LogP) is 2.40. The van der Waals surface area contributed by atoms with Gasteiger partial charge in [-0.15, -0.1) is 0 Å². The van der Waals surface area contributed by atoms with Crippen LogP contribution in [0.1, 0.15) is 11.6 Å². The highest BCUT2D eigenvalue weighted by Crippen LogP contribution is 2.29. The summed E-state index contributed by atoms with van der Waals surface area (Å²) in [6.45, 7) is 0.546. The van der Waals surface area contributed by atoms with E-state index in [1.54, 1.807) is 17.2 Å². The summed E-state index contributed by atoms with van der Waals surface area (Å²) in [6, 6.07) is 11.2. The molecule has 1 aromatic heterocycles. The van der Waals surface area contributed by atoms with Crippen LogP contribution < -0.4 is 10.2 Å². The average Bonchev–Trinajstić information content (AvgIpc) is 2.82. The summed E-state index contributed by atoms with van der Waals surface area (Å²) in [5.74, 6) is 0.504. The number of halogens is 1. The number of carbonyl (C=O) groups is 1.